The predicted molar refractivity (Wildman–Crippen MR) is 84.8 cm³/mol. The minimum absolute atomic E-state index is 0.258. The Hall–Kier alpha value is 0.137. The lowest BCUT2D eigenvalue weighted by atomic mass is 9.77. The molecule has 0 bridgehead atoms. The molecule has 0 aromatic carbocycles. The van der Waals surface area contributed by atoms with E-state index in [1.165, 1.54) is 25.7 Å². The summed E-state index contributed by atoms with van der Waals surface area (Å²) < 4.78 is 6.31. The molecule has 1 fully saturated rings. The average molecular weight is 287 g/mol. The number of hydrogen-bond donors (Lipinski definition) is 1. The molecular formula is C16H34O2Si. The van der Waals surface area contributed by atoms with Gasteiger partial charge in [-0.1, -0.05) is 40.5 Å². The van der Waals surface area contributed by atoms with Crippen LogP contribution in [-0.4, -0.2) is 26.6 Å². The van der Waals surface area contributed by atoms with Crippen LogP contribution < -0.4 is 0 Å². The maximum absolute atomic E-state index is 9.68. The molecule has 1 saturated carbocycles. The van der Waals surface area contributed by atoms with Crippen LogP contribution in [0.2, 0.25) is 18.1 Å². The van der Waals surface area contributed by atoms with Crippen LogP contribution in [0, 0.1) is 17.8 Å². The minimum Gasteiger partial charge on any atom is -0.416 e. The molecule has 1 aliphatic carbocycles. The zero-order chi connectivity index (χ0) is 14.7. The van der Waals surface area contributed by atoms with Gasteiger partial charge in [0.1, 0.15) is 0 Å². The van der Waals surface area contributed by atoms with Crippen LogP contribution in [0.5, 0.6) is 0 Å². The van der Waals surface area contributed by atoms with E-state index in [0.29, 0.717) is 11.8 Å². The number of hydrogen-bond acceptors (Lipinski definition) is 2. The Labute approximate surface area is 121 Å². The topological polar surface area (TPSA) is 29.5 Å². The highest BCUT2D eigenvalue weighted by atomic mass is 28.4. The molecule has 0 aromatic heterocycles. The molecule has 2 nitrogen and oxygen atoms in total. The standard InChI is InChI=1S/C16H34O2Si/c1-13-7-9-14(10-8-13)15(11-17)12-18-19(5,6)16(2,3)4/h13-15,17H,7-12H2,1-6H3. The summed E-state index contributed by atoms with van der Waals surface area (Å²) in [7, 11) is -1.67. The van der Waals surface area contributed by atoms with Crippen LogP contribution in [0.25, 0.3) is 0 Å². The van der Waals surface area contributed by atoms with E-state index in [1.54, 1.807) is 0 Å². The first kappa shape index (κ1) is 17.2. The second-order valence-corrected chi connectivity index (χ2v) is 12.8. The lowest BCUT2D eigenvalue weighted by Crippen LogP contribution is -2.43. The highest BCUT2D eigenvalue weighted by Gasteiger charge is 2.38. The summed E-state index contributed by atoms with van der Waals surface area (Å²) in [5.74, 6) is 1.89. The third-order valence-corrected chi connectivity index (χ3v) is 9.93. The van der Waals surface area contributed by atoms with E-state index in [4.69, 9.17) is 4.43 Å². The molecule has 1 rings (SSSR count). The zero-order valence-electron chi connectivity index (χ0n) is 13.8. The van der Waals surface area contributed by atoms with Gasteiger partial charge in [0.05, 0.1) is 0 Å². The molecule has 0 heterocycles. The summed E-state index contributed by atoms with van der Waals surface area (Å²) in [6.07, 6.45) is 5.18. The van der Waals surface area contributed by atoms with Crippen molar-refractivity contribution in [3.63, 3.8) is 0 Å². The van der Waals surface area contributed by atoms with Gasteiger partial charge < -0.3 is 9.53 Å². The molecule has 0 aliphatic heterocycles. The first-order valence-corrected chi connectivity index (χ1v) is 10.8. The quantitative estimate of drug-likeness (QED) is 0.757. The molecule has 1 aliphatic rings. The van der Waals surface area contributed by atoms with Gasteiger partial charge in [-0.05, 0) is 42.8 Å². The highest BCUT2D eigenvalue weighted by Crippen LogP contribution is 2.38. The van der Waals surface area contributed by atoms with Crippen molar-refractivity contribution < 1.29 is 9.53 Å². The van der Waals surface area contributed by atoms with E-state index in [1.807, 2.05) is 0 Å². The van der Waals surface area contributed by atoms with Crippen LogP contribution in [-0.2, 0) is 4.43 Å². The van der Waals surface area contributed by atoms with Gasteiger partial charge in [0.25, 0.3) is 0 Å². The summed E-state index contributed by atoms with van der Waals surface area (Å²) >= 11 is 0. The SMILES string of the molecule is CC1CCC(C(CO)CO[Si](C)(C)C(C)(C)C)CC1. The molecule has 0 saturated heterocycles. The lowest BCUT2D eigenvalue weighted by molar-refractivity contribution is 0.0848. The zero-order valence-corrected chi connectivity index (χ0v) is 14.8. The number of aliphatic hydroxyl groups is 1. The van der Waals surface area contributed by atoms with Crippen LogP contribution in [0.1, 0.15) is 53.4 Å². The molecule has 1 N–H and O–H groups in total. The number of rotatable bonds is 5. The minimum atomic E-state index is -1.67. The summed E-state index contributed by atoms with van der Waals surface area (Å²) in [5.41, 5.74) is 0. The average Bonchev–Trinajstić information content (AvgIpc) is 2.30. The second kappa shape index (κ2) is 6.73. The van der Waals surface area contributed by atoms with Crippen molar-refractivity contribution in [2.45, 2.75) is 71.5 Å². The smallest absolute Gasteiger partial charge is 0.191 e. The Balaban J connectivity index is 2.49. The van der Waals surface area contributed by atoms with Gasteiger partial charge in [-0.15, -0.1) is 0 Å². The summed E-state index contributed by atoms with van der Waals surface area (Å²) in [6, 6.07) is 0. The monoisotopic (exact) mass is 286 g/mol. The van der Waals surface area contributed by atoms with E-state index in [9.17, 15) is 5.11 Å². The Morgan fingerprint density at radius 3 is 2.11 bits per heavy atom. The van der Waals surface area contributed by atoms with E-state index in [-0.39, 0.29) is 11.6 Å². The van der Waals surface area contributed by atoms with Crippen molar-refractivity contribution in [1.82, 2.24) is 0 Å². The Bertz CT molecular complexity index is 262. The van der Waals surface area contributed by atoms with Crippen molar-refractivity contribution in [3.05, 3.63) is 0 Å². The molecular weight excluding hydrogens is 252 g/mol. The van der Waals surface area contributed by atoms with E-state index in [2.05, 4.69) is 40.8 Å². The van der Waals surface area contributed by atoms with E-state index in [0.717, 1.165) is 12.5 Å². The van der Waals surface area contributed by atoms with Gasteiger partial charge in [0.2, 0.25) is 0 Å². The highest BCUT2D eigenvalue weighted by molar-refractivity contribution is 6.74. The third-order valence-electron chi connectivity index (χ3n) is 5.43. The Kier molecular flexibility index (Phi) is 6.09. The predicted octanol–water partition coefficient (Wildman–Crippen LogP) is 4.44. The lowest BCUT2D eigenvalue weighted by Gasteiger charge is -2.39. The molecule has 0 radical (unpaired) electrons. The van der Waals surface area contributed by atoms with Crippen LogP contribution in [0.15, 0.2) is 0 Å². The molecule has 1 atom stereocenters. The summed E-state index contributed by atoms with van der Waals surface area (Å²) in [5, 5.41) is 9.94. The normalized spacial score (nSPS) is 27.3. The van der Waals surface area contributed by atoms with Gasteiger partial charge in [-0.25, -0.2) is 0 Å². The molecule has 0 aromatic rings. The van der Waals surface area contributed by atoms with Crippen LogP contribution >= 0.6 is 0 Å². The molecule has 1 unspecified atom stereocenters. The van der Waals surface area contributed by atoms with Crippen molar-refractivity contribution in [1.29, 1.82) is 0 Å². The third kappa shape index (κ3) is 4.87. The largest absolute Gasteiger partial charge is 0.416 e. The van der Waals surface area contributed by atoms with Crippen molar-refractivity contribution >= 4 is 8.32 Å². The maximum Gasteiger partial charge on any atom is 0.191 e. The second-order valence-electron chi connectivity index (χ2n) is 8.03. The Morgan fingerprint density at radius 1 is 1.16 bits per heavy atom. The molecule has 0 spiro atoms. The van der Waals surface area contributed by atoms with Crippen LogP contribution in [0.4, 0.5) is 0 Å². The first-order chi connectivity index (χ1) is 8.67. The van der Waals surface area contributed by atoms with Crippen LogP contribution in [0.3, 0.4) is 0 Å². The maximum atomic E-state index is 9.68. The van der Waals surface area contributed by atoms with Gasteiger partial charge >= 0.3 is 0 Å². The molecule has 0 amide bonds. The van der Waals surface area contributed by atoms with Gasteiger partial charge in [-0.3, -0.25) is 0 Å². The fraction of sp³-hybridized carbons (Fsp3) is 1.00. The van der Waals surface area contributed by atoms with Gasteiger partial charge in [0, 0.05) is 19.1 Å². The van der Waals surface area contributed by atoms with E-state index >= 15 is 0 Å². The fourth-order valence-electron chi connectivity index (χ4n) is 2.63. The van der Waals surface area contributed by atoms with Gasteiger partial charge in [-0.2, -0.15) is 0 Å². The molecule has 114 valence electrons. The summed E-state index contributed by atoms with van der Waals surface area (Å²) in [6.45, 7) is 14.8. The Morgan fingerprint density at radius 2 is 1.68 bits per heavy atom. The fourth-order valence-corrected chi connectivity index (χ4v) is 3.69. The van der Waals surface area contributed by atoms with Crippen molar-refractivity contribution in [2.75, 3.05) is 13.2 Å². The summed E-state index contributed by atoms with van der Waals surface area (Å²) in [4.78, 5) is 0. The first-order valence-electron chi connectivity index (χ1n) is 7.92. The van der Waals surface area contributed by atoms with E-state index < -0.39 is 8.32 Å². The van der Waals surface area contributed by atoms with Gasteiger partial charge in [0.15, 0.2) is 8.32 Å². The number of aliphatic hydroxyl groups excluding tert-OH is 1. The molecule has 19 heavy (non-hydrogen) atoms. The van der Waals surface area contributed by atoms with Crippen molar-refractivity contribution in [3.8, 4) is 0 Å². The molecule has 3 heteroatoms. The van der Waals surface area contributed by atoms with Crippen molar-refractivity contribution in [2.24, 2.45) is 17.8 Å².